The molecule has 0 spiro atoms. The minimum Gasteiger partial charge on any atom is -0.381 e. The highest BCUT2D eigenvalue weighted by atomic mass is 32.2. The summed E-state index contributed by atoms with van der Waals surface area (Å²) in [5, 5.41) is 17.3. The molecule has 6 rings (SSSR count). The normalized spacial score (nSPS) is 18.4. The second-order valence-corrected chi connectivity index (χ2v) is 13.5. The van der Waals surface area contributed by atoms with Crippen molar-refractivity contribution in [1.29, 1.82) is 0 Å². The molecule has 4 aromatic heterocycles. The Balaban J connectivity index is 1.21. The predicted molar refractivity (Wildman–Crippen MR) is 166 cm³/mol. The van der Waals surface area contributed by atoms with Crippen molar-refractivity contribution in [2.24, 2.45) is 0 Å². The Hall–Kier alpha value is -4.56. The molecule has 0 radical (unpaired) electrons. The first-order chi connectivity index (χ1) is 22.6. The van der Waals surface area contributed by atoms with Crippen molar-refractivity contribution in [2.75, 3.05) is 23.9 Å². The molecule has 0 bridgehead atoms. The van der Waals surface area contributed by atoms with Gasteiger partial charge in [0.15, 0.2) is 5.82 Å². The molecule has 248 valence electrons. The Morgan fingerprint density at radius 3 is 2.47 bits per heavy atom. The molecule has 47 heavy (non-hydrogen) atoms. The Morgan fingerprint density at radius 2 is 1.72 bits per heavy atom. The van der Waals surface area contributed by atoms with Gasteiger partial charge in [-0.3, -0.25) is 4.68 Å². The number of nitrogens with one attached hydrogen (secondary N) is 3. The van der Waals surface area contributed by atoms with Crippen molar-refractivity contribution in [2.45, 2.75) is 68.6 Å². The number of alkyl halides is 4. The zero-order valence-corrected chi connectivity index (χ0v) is 25.9. The Kier molecular flexibility index (Phi) is 9.41. The maximum absolute atomic E-state index is 12.8. The van der Waals surface area contributed by atoms with Crippen molar-refractivity contribution >= 4 is 27.3 Å². The van der Waals surface area contributed by atoms with Crippen LogP contribution in [0, 0.1) is 11.8 Å². The molecule has 0 amide bonds. The van der Waals surface area contributed by atoms with E-state index in [0.717, 1.165) is 34.5 Å². The van der Waals surface area contributed by atoms with Crippen molar-refractivity contribution in [3.63, 3.8) is 0 Å². The maximum atomic E-state index is 12.8. The van der Waals surface area contributed by atoms with Crippen LogP contribution in [-0.4, -0.2) is 79.1 Å². The molecular weight excluding hydrogens is 640 g/mol. The summed E-state index contributed by atoms with van der Waals surface area (Å²) >= 11 is 0. The lowest BCUT2D eigenvalue weighted by Crippen LogP contribution is -2.37. The fourth-order valence-electron chi connectivity index (χ4n) is 5.28. The zero-order chi connectivity index (χ0) is 33.0. The second-order valence-electron chi connectivity index (χ2n) is 11.5. The van der Waals surface area contributed by atoms with Gasteiger partial charge in [0.1, 0.15) is 24.9 Å². The van der Waals surface area contributed by atoms with E-state index >= 15 is 0 Å². The van der Waals surface area contributed by atoms with Crippen LogP contribution in [0.2, 0.25) is 0 Å². The quantitative estimate of drug-likeness (QED) is 0.156. The Labute approximate surface area is 268 Å². The number of halogens is 4. The topological polar surface area (TPSA) is 145 Å². The molecule has 0 aromatic carbocycles. The monoisotopic (exact) mass is 672 g/mol. The third-order valence-corrected chi connectivity index (χ3v) is 9.81. The summed E-state index contributed by atoms with van der Waals surface area (Å²) < 4.78 is 77.8. The van der Waals surface area contributed by atoms with Crippen LogP contribution in [-0.2, 0) is 16.6 Å². The highest BCUT2D eigenvalue weighted by Crippen LogP contribution is 2.31. The minimum atomic E-state index is -4.40. The summed E-state index contributed by atoms with van der Waals surface area (Å²) in [5.41, 5.74) is 1.96. The fourth-order valence-corrected chi connectivity index (χ4v) is 6.75. The van der Waals surface area contributed by atoms with E-state index in [1.165, 1.54) is 31.0 Å². The molecule has 4 aromatic rings. The van der Waals surface area contributed by atoms with Gasteiger partial charge in [0.05, 0.1) is 46.2 Å². The fraction of sp³-hybridized carbons (Fsp3) is 0.433. The summed E-state index contributed by atoms with van der Waals surface area (Å²) in [5.74, 6) is 7.00. The van der Waals surface area contributed by atoms with Crippen LogP contribution in [0.1, 0.15) is 49.7 Å². The van der Waals surface area contributed by atoms with Gasteiger partial charge < -0.3 is 16.0 Å². The molecule has 2 aliphatic rings. The number of hydrogen-bond donors (Lipinski definition) is 3. The molecule has 0 saturated heterocycles. The molecule has 2 aliphatic carbocycles. The average Bonchev–Trinajstić information content (AvgIpc) is 3.63. The minimum absolute atomic E-state index is 0.109. The third kappa shape index (κ3) is 8.43. The van der Waals surface area contributed by atoms with Gasteiger partial charge in [0.25, 0.3) is 10.0 Å². The van der Waals surface area contributed by atoms with Gasteiger partial charge in [0, 0.05) is 43.3 Å². The highest BCUT2D eigenvalue weighted by Gasteiger charge is 2.37. The van der Waals surface area contributed by atoms with E-state index < -0.39 is 34.7 Å². The smallest absolute Gasteiger partial charge is 0.381 e. The van der Waals surface area contributed by atoms with E-state index in [9.17, 15) is 26.0 Å². The van der Waals surface area contributed by atoms with E-state index in [1.807, 2.05) is 0 Å². The van der Waals surface area contributed by atoms with Gasteiger partial charge in [-0.1, -0.05) is 11.8 Å². The molecule has 12 nitrogen and oxygen atoms in total. The largest absolute Gasteiger partial charge is 0.408 e. The lowest BCUT2D eigenvalue weighted by molar-refractivity contribution is -0.142. The highest BCUT2D eigenvalue weighted by molar-refractivity contribution is 7.90. The van der Waals surface area contributed by atoms with Crippen LogP contribution in [0.3, 0.4) is 0 Å². The van der Waals surface area contributed by atoms with E-state index in [2.05, 4.69) is 52.9 Å². The van der Waals surface area contributed by atoms with Gasteiger partial charge in [-0.2, -0.15) is 27.5 Å². The van der Waals surface area contributed by atoms with Crippen molar-refractivity contribution in [1.82, 2.24) is 39.2 Å². The molecule has 0 unspecified atom stereocenters. The maximum Gasteiger partial charge on any atom is 0.408 e. The first kappa shape index (κ1) is 32.4. The molecule has 3 N–H and O–H groups in total. The van der Waals surface area contributed by atoms with Gasteiger partial charge in [-0.25, -0.2) is 27.8 Å². The van der Waals surface area contributed by atoms with Crippen molar-refractivity contribution < 1.29 is 26.0 Å². The molecule has 0 aliphatic heterocycles. The van der Waals surface area contributed by atoms with Crippen LogP contribution < -0.4 is 16.0 Å². The lowest BCUT2D eigenvalue weighted by atomic mass is 9.91. The number of anilines is 3. The van der Waals surface area contributed by atoms with E-state index in [1.54, 1.807) is 18.3 Å². The van der Waals surface area contributed by atoms with Crippen LogP contribution in [0.25, 0.3) is 11.4 Å². The van der Waals surface area contributed by atoms with Crippen LogP contribution in [0.15, 0.2) is 49.3 Å². The molecule has 4 heterocycles. The summed E-state index contributed by atoms with van der Waals surface area (Å²) in [6.07, 6.45) is 8.66. The Bertz CT molecular complexity index is 1870. The Morgan fingerprint density at radius 1 is 0.936 bits per heavy atom. The summed E-state index contributed by atoms with van der Waals surface area (Å²) in [6.45, 7) is -1.30. The standard InChI is InChI=1S/C30H32F4N10O2S/c31-10-12-35-23-3-5-24(6-4-23)40-26-13-28(37-15-21(26)2-1-20-14-38-43(17-20)19-30(32,33)34)41-27-9-11-36-29(42-27)22-16-39-44(18-22)47(45,46)25-7-8-25/h9,11,13-18,23-25,35H,3-8,10,12,19H2,(H2,36,37,40,41,42). The first-order valence-corrected chi connectivity index (χ1v) is 16.6. The SMILES string of the molecule is O=S(=O)(C1CC1)n1cc(-c2nccc(Nc3cc(NC4CCC(NCCF)CC4)c(C#Cc4cnn(CC(F)(F)F)c4)cn3)n2)cn1. The molecule has 2 fully saturated rings. The van der Waals surface area contributed by atoms with E-state index in [0.29, 0.717) is 53.4 Å². The molecule has 2 saturated carbocycles. The first-order valence-electron chi connectivity index (χ1n) is 15.1. The van der Waals surface area contributed by atoms with Gasteiger partial charge in [0.2, 0.25) is 0 Å². The summed E-state index contributed by atoms with van der Waals surface area (Å²) in [7, 11) is -3.53. The summed E-state index contributed by atoms with van der Waals surface area (Å²) in [6, 6.07) is 3.77. The van der Waals surface area contributed by atoms with E-state index in [-0.39, 0.29) is 17.9 Å². The van der Waals surface area contributed by atoms with Crippen LogP contribution in [0.5, 0.6) is 0 Å². The second kappa shape index (κ2) is 13.7. The van der Waals surface area contributed by atoms with Gasteiger partial charge >= 0.3 is 6.18 Å². The van der Waals surface area contributed by atoms with Gasteiger partial charge in [-0.05, 0) is 44.6 Å². The molecule has 0 atom stereocenters. The predicted octanol–water partition coefficient (Wildman–Crippen LogP) is 4.26. The number of nitrogens with zero attached hydrogens (tertiary/aromatic N) is 7. The number of aromatic nitrogens is 7. The number of rotatable bonds is 11. The van der Waals surface area contributed by atoms with E-state index in [4.69, 9.17) is 0 Å². The number of pyridine rings is 1. The average molecular weight is 673 g/mol. The summed E-state index contributed by atoms with van der Waals surface area (Å²) in [4.78, 5) is 13.3. The number of hydrogen-bond acceptors (Lipinski definition) is 10. The lowest BCUT2D eigenvalue weighted by Gasteiger charge is -2.30. The molecular formula is C30H32F4N10O2S. The zero-order valence-electron chi connectivity index (χ0n) is 25.1. The van der Waals surface area contributed by atoms with Crippen molar-refractivity contribution in [3.05, 3.63) is 60.4 Å². The van der Waals surface area contributed by atoms with Gasteiger partial charge in [-0.15, -0.1) is 0 Å². The third-order valence-electron chi connectivity index (χ3n) is 7.77. The van der Waals surface area contributed by atoms with Crippen molar-refractivity contribution in [3.8, 4) is 23.2 Å². The van der Waals surface area contributed by atoms with Crippen LogP contribution in [0.4, 0.5) is 34.9 Å². The molecule has 17 heteroatoms. The van der Waals surface area contributed by atoms with Crippen LogP contribution >= 0.6 is 0 Å².